The summed E-state index contributed by atoms with van der Waals surface area (Å²) in [7, 11) is 1.58. The molecule has 18 heavy (non-hydrogen) atoms. The second kappa shape index (κ2) is 5.86. The van der Waals surface area contributed by atoms with E-state index in [2.05, 4.69) is 15.3 Å². The maximum atomic E-state index is 11.0. The normalized spacial score (nSPS) is 10.1. The molecule has 0 radical (unpaired) electrons. The van der Waals surface area contributed by atoms with Crippen LogP contribution in [0.25, 0.3) is 0 Å². The van der Waals surface area contributed by atoms with Gasteiger partial charge < -0.3 is 15.0 Å². The lowest BCUT2D eigenvalue weighted by molar-refractivity contribution is -0.122. The summed E-state index contributed by atoms with van der Waals surface area (Å²) in [6, 6.07) is 7.62. The van der Waals surface area contributed by atoms with E-state index < -0.39 is 0 Å². The Morgan fingerprint density at radius 3 is 2.78 bits per heavy atom. The van der Waals surface area contributed by atoms with E-state index in [1.165, 1.54) is 0 Å². The van der Waals surface area contributed by atoms with Gasteiger partial charge in [0.2, 0.25) is 0 Å². The molecule has 0 saturated carbocycles. The minimum atomic E-state index is -0.144. The minimum absolute atomic E-state index is 0.0357. The number of hydrogen-bond donors (Lipinski definition) is 2. The van der Waals surface area contributed by atoms with E-state index >= 15 is 0 Å². The third-order valence-electron chi connectivity index (χ3n) is 2.50. The van der Waals surface area contributed by atoms with Crippen LogP contribution in [0.3, 0.4) is 0 Å². The summed E-state index contributed by atoms with van der Waals surface area (Å²) in [5, 5.41) is 2.50. The topological polar surface area (TPSA) is 67.0 Å². The van der Waals surface area contributed by atoms with Gasteiger partial charge in [-0.15, -0.1) is 0 Å². The van der Waals surface area contributed by atoms with Crippen LogP contribution in [0.15, 0.2) is 36.7 Å². The zero-order valence-electron chi connectivity index (χ0n) is 10.1. The first kappa shape index (κ1) is 12.2. The molecule has 0 aliphatic heterocycles. The molecule has 0 aliphatic rings. The van der Waals surface area contributed by atoms with E-state index in [-0.39, 0.29) is 12.5 Å². The van der Waals surface area contributed by atoms with Crippen molar-refractivity contribution in [2.45, 2.75) is 6.42 Å². The largest absolute Gasteiger partial charge is 0.484 e. The average Bonchev–Trinajstić information content (AvgIpc) is 2.90. The SMILES string of the molecule is CNC(=O)COc1ccc(Cc2ncc[nH]2)cc1. The fourth-order valence-electron chi connectivity index (χ4n) is 1.51. The second-order valence-corrected chi connectivity index (χ2v) is 3.82. The molecule has 0 aliphatic carbocycles. The molecule has 1 heterocycles. The maximum absolute atomic E-state index is 11.0. The summed E-state index contributed by atoms with van der Waals surface area (Å²) in [4.78, 5) is 18.2. The number of benzene rings is 1. The number of imidazole rings is 1. The van der Waals surface area contributed by atoms with Crippen molar-refractivity contribution >= 4 is 5.91 Å². The number of nitrogens with zero attached hydrogens (tertiary/aromatic N) is 1. The van der Waals surface area contributed by atoms with Gasteiger partial charge in [-0.3, -0.25) is 4.79 Å². The van der Waals surface area contributed by atoms with E-state index in [0.29, 0.717) is 5.75 Å². The zero-order valence-corrected chi connectivity index (χ0v) is 10.1. The molecule has 2 N–H and O–H groups in total. The van der Waals surface area contributed by atoms with Gasteiger partial charge in [0.1, 0.15) is 11.6 Å². The standard InChI is InChI=1S/C13H15N3O2/c1-14-13(17)9-18-11-4-2-10(3-5-11)8-12-15-6-7-16-12/h2-7H,8-9H2,1H3,(H,14,17)(H,15,16). The van der Waals surface area contributed by atoms with E-state index in [0.717, 1.165) is 17.8 Å². The Hall–Kier alpha value is -2.30. The molecule has 0 bridgehead atoms. The highest BCUT2D eigenvalue weighted by molar-refractivity contribution is 5.77. The molecule has 0 atom stereocenters. The molecule has 0 unspecified atom stereocenters. The highest BCUT2D eigenvalue weighted by Crippen LogP contribution is 2.13. The first-order valence-corrected chi connectivity index (χ1v) is 5.68. The number of H-pyrrole nitrogens is 1. The molecule has 5 nitrogen and oxygen atoms in total. The van der Waals surface area contributed by atoms with Gasteiger partial charge in [0.15, 0.2) is 6.61 Å². The lowest BCUT2D eigenvalue weighted by Gasteiger charge is -2.05. The number of amides is 1. The van der Waals surface area contributed by atoms with E-state index in [4.69, 9.17) is 4.74 Å². The number of ether oxygens (including phenoxy) is 1. The molecule has 0 fully saturated rings. The highest BCUT2D eigenvalue weighted by Gasteiger charge is 2.01. The highest BCUT2D eigenvalue weighted by atomic mass is 16.5. The number of hydrogen-bond acceptors (Lipinski definition) is 3. The van der Waals surface area contributed by atoms with Crippen LogP contribution in [0.2, 0.25) is 0 Å². The van der Waals surface area contributed by atoms with Crippen LogP contribution in [0.1, 0.15) is 11.4 Å². The van der Waals surface area contributed by atoms with Crippen molar-refractivity contribution in [3.8, 4) is 5.75 Å². The Morgan fingerprint density at radius 1 is 1.39 bits per heavy atom. The third kappa shape index (κ3) is 3.35. The zero-order chi connectivity index (χ0) is 12.8. The van der Waals surface area contributed by atoms with E-state index in [1.54, 1.807) is 19.4 Å². The van der Waals surface area contributed by atoms with Crippen LogP contribution in [-0.4, -0.2) is 29.5 Å². The van der Waals surface area contributed by atoms with E-state index in [9.17, 15) is 4.79 Å². The lowest BCUT2D eigenvalue weighted by Crippen LogP contribution is -2.24. The van der Waals surface area contributed by atoms with Gasteiger partial charge in [-0.1, -0.05) is 12.1 Å². The van der Waals surface area contributed by atoms with Gasteiger partial charge >= 0.3 is 0 Å². The predicted octanol–water partition coefficient (Wildman–Crippen LogP) is 1.13. The van der Waals surface area contributed by atoms with Gasteiger partial charge in [0.05, 0.1) is 0 Å². The van der Waals surface area contributed by atoms with Crippen molar-refractivity contribution in [1.29, 1.82) is 0 Å². The van der Waals surface area contributed by atoms with Gasteiger partial charge in [0.25, 0.3) is 5.91 Å². The van der Waals surface area contributed by atoms with Crippen molar-refractivity contribution < 1.29 is 9.53 Å². The van der Waals surface area contributed by atoms with Crippen molar-refractivity contribution in [1.82, 2.24) is 15.3 Å². The van der Waals surface area contributed by atoms with Gasteiger partial charge in [-0.25, -0.2) is 4.98 Å². The Morgan fingerprint density at radius 2 is 2.17 bits per heavy atom. The van der Waals surface area contributed by atoms with Crippen LogP contribution in [-0.2, 0) is 11.2 Å². The molecule has 1 aromatic carbocycles. The quantitative estimate of drug-likeness (QED) is 0.829. The molecule has 94 valence electrons. The molecule has 0 saturated heterocycles. The van der Waals surface area contributed by atoms with Crippen LogP contribution >= 0.6 is 0 Å². The Balaban J connectivity index is 1.91. The molecule has 2 aromatic rings. The van der Waals surface area contributed by atoms with E-state index in [1.807, 2.05) is 24.3 Å². The van der Waals surface area contributed by atoms with Crippen LogP contribution in [0.5, 0.6) is 5.75 Å². The molecular formula is C13H15N3O2. The van der Waals surface area contributed by atoms with Gasteiger partial charge in [0, 0.05) is 25.9 Å². The first-order chi connectivity index (χ1) is 8.78. The first-order valence-electron chi connectivity index (χ1n) is 5.68. The van der Waals surface area contributed by atoms with Crippen molar-refractivity contribution in [3.63, 3.8) is 0 Å². The molecule has 0 spiro atoms. The van der Waals surface area contributed by atoms with Crippen molar-refractivity contribution in [2.75, 3.05) is 13.7 Å². The number of carbonyl (C=O) groups excluding carboxylic acids is 1. The summed E-state index contributed by atoms with van der Waals surface area (Å²) in [5.41, 5.74) is 1.14. The van der Waals surface area contributed by atoms with Crippen LogP contribution < -0.4 is 10.1 Å². The predicted molar refractivity (Wildman–Crippen MR) is 67.4 cm³/mol. The Kier molecular flexibility index (Phi) is 3.96. The monoisotopic (exact) mass is 245 g/mol. The number of nitrogens with one attached hydrogen (secondary N) is 2. The number of aromatic nitrogens is 2. The third-order valence-corrected chi connectivity index (χ3v) is 2.50. The number of aromatic amines is 1. The van der Waals surface area contributed by atoms with Gasteiger partial charge in [-0.2, -0.15) is 0 Å². The minimum Gasteiger partial charge on any atom is -0.484 e. The Labute approximate surface area is 105 Å². The smallest absolute Gasteiger partial charge is 0.257 e. The maximum Gasteiger partial charge on any atom is 0.257 e. The molecule has 5 heteroatoms. The fraction of sp³-hybridized carbons (Fsp3) is 0.231. The van der Waals surface area contributed by atoms with Crippen LogP contribution in [0.4, 0.5) is 0 Å². The summed E-state index contributed by atoms with van der Waals surface area (Å²) >= 11 is 0. The summed E-state index contributed by atoms with van der Waals surface area (Å²) < 4.78 is 5.31. The van der Waals surface area contributed by atoms with Crippen molar-refractivity contribution in [2.24, 2.45) is 0 Å². The van der Waals surface area contributed by atoms with Crippen LogP contribution in [0, 0.1) is 0 Å². The number of rotatable bonds is 5. The summed E-state index contributed by atoms with van der Waals surface area (Å²) in [6.45, 7) is 0.0357. The Bertz CT molecular complexity index is 491. The van der Waals surface area contributed by atoms with Gasteiger partial charge in [-0.05, 0) is 17.7 Å². The number of carbonyl (C=O) groups is 1. The second-order valence-electron chi connectivity index (χ2n) is 3.82. The summed E-state index contributed by atoms with van der Waals surface area (Å²) in [6.07, 6.45) is 4.29. The van der Waals surface area contributed by atoms with Crippen molar-refractivity contribution in [3.05, 3.63) is 48.0 Å². The lowest BCUT2D eigenvalue weighted by atomic mass is 10.1. The molecule has 2 rings (SSSR count). The molecular weight excluding hydrogens is 230 g/mol. The fourth-order valence-corrected chi connectivity index (χ4v) is 1.51. The summed E-state index contributed by atoms with van der Waals surface area (Å²) in [5.74, 6) is 1.46. The molecule has 1 amide bonds. The number of likely N-dealkylation sites (N-methyl/N-ethyl adjacent to an activating group) is 1. The average molecular weight is 245 g/mol. The molecule has 1 aromatic heterocycles.